The normalized spacial score (nSPS) is 10.3. The minimum atomic E-state index is -1.76. The summed E-state index contributed by atoms with van der Waals surface area (Å²) in [6.45, 7) is 3.54. The molecule has 86 valence electrons. The van der Waals surface area contributed by atoms with E-state index in [1.807, 2.05) is 0 Å². The first-order valence-corrected chi connectivity index (χ1v) is 4.72. The first-order valence-electron chi connectivity index (χ1n) is 4.72. The maximum Gasteiger partial charge on any atom is 0.488 e. The molecule has 0 heterocycles. The second-order valence-corrected chi connectivity index (χ2v) is 3.56. The van der Waals surface area contributed by atoms with E-state index in [2.05, 4.69) is 0 Å². The molecule has 0 radical (unpaired) electrons. The van der Waals surface area contributed by atoms with Gasteiger partial charge in [-0.15, -0.1) is 0 Å². The largest absolute Gasteiger partial charge is 0.491 e. The molecule has 16 heavy (non-hydrogen) atoms. The van der Waals surface area contributed by atoms with Crippen molar-refractivity contribution in [3.05, 3.63) is 28.3 Å². The Hall–Kier alpha value is -1.60. The van der Waals surface area contributed by atoms with E-state index in [1.54, 1.807) is 13.8 Å². The van der Waals surface area contributed by atoms with Crippen LogP contribution in [0.3, 0.4) is 0 Å². The van der Waals surface area contributed by atoms with Gasteiger partial charge >= 0.3 is 7.12 Å². The molecule has 0 spiro atoms. The predicted molar refractivity (Wildman–Crippen MR) is 58.7 cm³/mol. The molecule has 0 saturated heterocycles. The maximum atomic E-state index is 10.6. The molecule has 0 fully saturated rings. The Morgan fingerprint density at radius 3 is 2.44 bits per heavy atom. The Morgan fingerprint density at radius 1 is 1.38 bits per heavy atom. The number of nitrogens with zero attached hydrogens (tertiary/aromatic N) is 1. The molecule has 0 atom stereocenters. The zero-order valence-corrected chi connectivity index (χ0v) is 8.95. The van der Waals surface area contributed by atoms with Crippen molar-refractivity contribution in [1.82, 2.24) is 0 Å². The first-order chi connectivity index (χ1) is 7.40. The highest BCUT2D eigenvalue weighted by molar-refractivity contribution is 6.58. The quantitative estimate of drug-likeness (QED) is 0.429. The third kappa shape index (κ3) is 3.21. The van der Waals surface area contributed by atoms with Crippen LogP contribution in [0.4, 0.5) is 5.69 Å². The molecule has 0 amide bonds. The van der Waals surface area contributed by atoms with Gasteiger partial charge in [-0.1, -0.05) is 0 Å². The first kappa shape index (κ1) is 12.5. The van der Waals surface area contributed by atoms with Gasteiger partial charge in [-0.3, -0.25) is 10.1 Å². The van der Waals surface area contributed by atoms with Gasteiger partial charge in [0.15, 0.2) is 0 Å². The van der Waals surface area contributed by atoms with E-state index in [0.29, 0.717) is 0 Å². The summed E-state index contributed by atoms with van der Waals surface area (Å²) >= 11 is 0. The highest BCUT2D eigenvalue weighted by Gasteiger charge is 2.18. The van der Waals surface area contributed by atoms with Crippen LogP contribution in [-0.2, 0) is 0 Å². The second kappa shape index (κ2) is 4.95. The van der Waals surface area contributed by atoms with Crippen molar-refractivity contribution in [3.63, 3.8) is 0 Å². The van der Waals surface area contributed by atoms with E-state index in [9.17, 15) is 10.1 Å². The Morgan fingerprint density at radius 2 is 2.00 bits per heavy atom. The monoisotopic (exact) mass is 225 g/mol. The number of ether oxygens (including phenoxy) is 1. The van der Waals surface area contributed by atoms with Crippen LogP contribution in [0.2, 0.25) is 0 Å². The van der Waals surface area contributed by atoms with Crippen LogP contribution in [0.15, 0.2) is 18.2 Å². The van der Waals surface area contributed by atoms with Crippen molar-refractivity contribution in [1.29, 1.82) is 0 Å². The Balaban J connectivity index is 3.13. The van der Waals surface area contributed by atoms with E-state index < -0.39 is 12.0 Å². The summed E-state index contributed by atoms with van der Waals surface area (Å²) in [5, 5.41) is 28.5. The van der Waals surface area contributed by atoms with Crippen molar-refractivity contribution in [2.45, 2.75) is 20.0 Å². The van der Waals surface area contributed by atoms with Crippen molar-refractivity contribution in [3.8, 4) is 5.75 Å². The molecule has 6 nitrogen and oxygen atoms in total. The van der Waals surface area contributed by atoms with Crippen molar-refractivity contribution >= 4 is 18.3 Å². The number of benzene rings is 1. The Labute approximate surface area is 92.8 Å². The molecule has 1 aromatic rings. The predicted octanol–water partition coefficient (Wildman–Crippen LogP) is 0.0618. The lowest BCUT2D eigenvalue weighted by Crippen LogP contribution is -2.30. The molecular weight excluding hydrogens is 213 g/mol. The summed E-state index contributed by atoms with van der Waals surface area (Å²) in [6.07, 6.45) is -0.148. The standard InChI is InChI=1S/C9H12BNO5/c1-6(2)16-9-4-7(10(12)13)3-8(5-9)11(14)15/h3-6,12-13H,1-2H3. The molecule has 0 aliphatic heterocycles. The van der Waals surface area contributed by atoms with Crippen LogP contribution in [0.1, 0.15) is 13.8 Å². The van der Waals surface area contributed by atoms with Crippen LogP contribution in [-0.4, -0.2) is 28.2 Å². The number of non-ortho nitro benzene ring substituents is 1. The van der Waals surface area contributed by atoms with E-state index in [-0.39, 0.29) is 23.0 Å². The number of rotatable bonds is 4. The molecule has 0 aliphatic rings. The molecule has 0 aromatic heterocycles. The molecular formula is C9H12BNO5. The summed E-state index contributed by atoms with van der Waals surface area (Å²) in [5.74, 6) is 0.243. The fourth-order valence-electron chi connectivity index (χ4n) is 1.20. The zero-order chi connectivity index (χ0) is 12.3. The minimum absolute atomic E-state index is 0.0323. The number of nitro benzene ring substituents is 1. The topological polar surface area (TPSA) is 92.8 Å². The van der Waals surface area contributed by atoms with Gasteiger partial charge < -0.3 is 14.8 Å². The van der Waals surface area contributed by atoms with Gasteiger partial charge in [0.25, 0.3) is 5.69 Å². The molecule has 1 rings (SSSR count). The van der Waals surface area contributed by atoms with Gasteiger partial charge in [0, 0.05) is 6.07 Å². The number of nitro groups is 1. The second-order valence-electron chi connectivity index (χ2n) is 3.56. The summed E-state index contributed by atoms with van der Waals surface area (Å²) < 4.78 is 5.27. The number of hydrogen-bond acceptors (Lipinski definition) is 5. The van der Waals surface area contributed by atoms with E-state index >= 15 is 0 Å². The maximum absolute atomic E-state index is 10.6. The lowest BCUT2D eigenvalue weighted by Gasteiger charge is -2.10. The fraction of sp³-hybridized carbons (Fsp3) is 0.333. The van der Waals surface area contributed by atoms with Crippen molar-refractivity contribution in [2.24, 2.45) is 0 Å². The van der Waals surface area contributed by atoms with Gasteiger partial charge in [-0.05, 0) is 25.4 Å². The molecule has 0 aliphatic carbocycles. The number of hydrogen-bond donors (Lipinski definition) is 2. The SMILES string of the molecule is CC(C)Oc1cc(B(O)O)cc([N+](=O)[O-])c1. The van der Waals surface area contributed by atoms with Gasteiger partial charge in [-0.2, -0.15) is 0 Å². The van der Waals surface area contributed by atoms with Gasteiger partial charge in [-0.25, -0.2) is 0 Å². The van der Waals surface area contributed by atoms with Crippen LogP contribution in [0.25, 0.3) is 0 Å². The van der Waals surface area contributed by atoms with E-state index in [0.717, 1.165) is 6.07 Å². The molecule has 0 bridgehead atoms. The summed E-state index contributed by atoms with van der Waals surface area (Å²) in [7, 11) is -1.76. The Kier molecular flexibility index (Phi) is 3.86. The highest BCUT2D eigenvalue weighted by atomic mass is 16.6. The molecule has 2 N–H and O–H groups in total. The third-order valence-electron chi connectivity index (χ3n) is 1.79. The molecule has 0 saturated carbocycles. The highest BCUT2D eigenvalue weighted by Crippen LogP contribution is 2.19. The minimum Gasteiger partial charge on any atom is -0.491 e. The summed E-state index contributed by atoms with van der Waals surface area (Å²) in [6, 6.07) is 3.70. The van der Waals surface area contributed by atoms with Gasteiger partial charge in [0.2, 0.25) is 0 Å². The lowest BCUT2D eigenvalue weighted by atomic mass is 9.80. The van der Waals surface area contributed by atoms with Crippen molar-refractivity contribution < 1.29 is 19.7 Å². The van der Waals surface area contributed by atoms with Gasteiger partial charge in [0.1, 0.15) is 5.75 Å². The van der Waals surface area contributed by atoms with Crippen LogP contribution >= 0.6 is 0 Å². The summed E-state index contributed by atoms with van der Waals surface area (Å²) in [4.78, 5) is 9.99. The molecule has 7 heteroatoms. The lowest BCUT2D eigenvalue weighted by molar-refractivity contribution is -0.384. The van der Waals surface area contributed by atoms with Crippen LogP contribution in [0, 0.1) is 10.1 Å². The van der Waals surface area contributed by atoms with Crippen LogP contribution in [0.5, 0.6) is 5.75 Å². The third-order valence-corrected chi connectivity index (χ3v) is 1.79. The van der Waals surface area contributed by atoms with Crippen molar-refractivity contribution in [2.75, 3.05) is 0 Å². The summed E-state index contributed by atoms with van der Waals surface area (Å²) in [5.41, 5.74) is -0.203. The average Bonchev–Trinajstić information content (AvgIpc) is 2.15. The average molecular weight is 225 g/mol. The Bertz CT molecular complexity index is 393. The molecule has 0 unspecified atom stereocenters. The fourth-order valence-corrected chi connectivity index (χ4v) is 1.20. The molecule has 1 aromatic carbocycles. The van der Waals surface area contributed by atoms with Crippen LogP contribution < -0.4 is 10.2 Å². The van der Waals surface area contributed by atoms with E-state index in [4.69, 9.17) is 14.8 Å². The smallest absolute Gasteiger partial charge is 0.488 e. The van der Waals surface area contributed by atoms with Gasteiger partial charge in [0.05, 0.1) is 17.1 Å². The zero-order valence-electron chi connectivity index (χ0n) is 8.95. The van der Waals surface area contributed by atoms with E-state index in [1.165, 1.54) is 12.1 Å².